The van der Waals surface area contributed by atoms with E-state index in [0.29, 0.717) is 23.5 Å². The van der Waals surface area contributed by atoms with E-state index in [9.17, 15) is 9.59 Å². The molecule has 2 aliphatic rings. The van der Waals surface area contributed by atoms with Crippen LogP contribution in [0.3, 0.4) is 0 Å². The van der Waals surface area contributed by atoms with Gasteiger partial charge in [0.2, 0.25) is 11.8 Å². The molecule has 0 saturated carbocycles. The molecule has 2 amide bonds. The lowest BCUT2D eigenvalue weighted by Gasteiger charge is -2.29. The van der Waals surface area contributed by atoms with E-state index in [4.69, 9.17) is 0 Å². The Bertz CT molecular complexity index is 819. The van der Waals surface area contributed by atoms with E-state index in [-0.39, 0.29) is 16.7 Å². The van der Waals surface area contributed by atoms with E-state index in [1.54, 1.807) is 22.9 Å². The number of carbonyl (C=O) groups excluding carboxylic acids is 2. The number of carbonyl (C=O) groups is 2. The summed E-state index contributed by atoms with van der Waals surface area (Å²) in [7, 11) is 0. The topological polar surface area (TPSA) is 91.0 Å². The Hall–Kier alpha value is -2.09. The van der Waals surface area contributed by atoms with Crippen molar-refractivity contribution in [3.05, 3.63) is 18.0 Å². The summed E-state index contributed by atoms with van der Waals surface area (Å²) in [6.07, 6.45) is 2.92. The first-order valence-electron chi connectivity index (χ1n) is 7.56. The molecule has 7 nitrogen and oxygen atoms in total. The zero-order chi connectivity index (χ0) is 16.2. The molecule has 4 heterocycles. The summed E-state index contributed by atoms with van der Waals surface area (Å²) < 4.78 is 0. The fraction of sp³-hybridized carbons (Fsp3) is 0.467. The number of nitrogens with zero attached hydrogens (tertiary/aromatic N) is 3. The van der Waals surface area contributed by atoms with Gasteiger partial charge in [-0.15, -0.1) is 11.8 Å². The predicted octanol–water partition coefficient (Wildman–Crippen LogP) is 1.66. The van der Waals surface area contributed by atoms with Crippen molar-refractivity contribution >= 4 is 40.3 Å². The molecule has 23 heavy (non-hydrogen) atoms. The van der Waals surface area contributed by atoms with E-state index < -0.39 is 6.04 Å². The number of hydrogen-bond acceptors (Lipinski definition) is 5. The summed E-state index contributed by atoms with van der Waals surface area (Å²) in [5.74, 6) is 0.546. The van der Waals surface area contributed by atoms with Crippen LogP contribution in [-0.4, -0.2) is 48.6 Å². The summed E-state index contributed by atoms with van der Waals surface area (Å²) in [6.45, 7) is 3.95. The van der Waals surface area contributed by atoms with Gasteiger partial charge in [-0.05, 0) is 26.3 Å². The minimum Gasteiger partial charge on any atom is -0.323 e. The Balaban J connectivity index is 1.57. The highest BCUT2D eigenvalue weighted by Gasteiger charge is 2.52. The normalized spacial score (nSPS) is 26.8. The number of anilines is 1. The van der Waals surface area contributed by atoms with Crippen LogP contribution in [0.15, 0.2) is 12.3 Å². The zero-order valence-electron chi connectivity index (χ0n) is 12.9. The number of thioether (sulfide) groups is 1. The van der Waals surface area contributed by atoms with Crippen LogP contribution in [0.1, 0.15) is 25.5 Å². The van der Waals surface area contributed by atoms with Gasteiger partial charge in [-0.3, -0.25) is 14.7 Å². The number of aromatic amines is 1. The van der Waals surface area contributed by atoms with Gasteiger partial charge in [-0.2, -0.15) is 5.10 Å². The minimum absolute atomic E-state index is 0.0666. The maximum atomic E-state index is 12.6. The standard InChI is InChI=1S/C15H17N5O2S/c1-8-10-5-9(6-16-13(10)19-18-8)17-14(22)11-7-23-15(2)4-3-12(21)20(11)15/h5-6,11H,3-4,7H2,1-2H3,(H,17,22)(H,16,18,19)/t11-,15+/m1/s1. The first-order valence-corrected chi connectivity index (χ1v) is 8.54. The molecule has 120 valence electrons. The molecule has 0 aliphatic carbocycles. The molecule has 2 aliphatic heterocycles. The Morgan fingerprint density at radius 1 is 1.57 bits per heavy atom. The van der Waals surface area contributed by atoms with Gasteiger partial charge in [0.1, 0.15) is 6.04 Å². The number of pyridine rings is 1. The second kappa shape index (κ2) is 4.95. The third-order valence-electron chi connectivity index (χ3n) is 4.62. The number of aryl methyl sites for hydroxylation is 1. The summed E-state index contributed by atoms with van der Waals surface area (Å²) in [6, 6.07) is 1.44. The van der Waals surface area contributed by atoms with Gasteiger partial charge < -0.3 is 10.2 Å². The van der Waals surface area contributed by atoms with Crippen LogP contribution in [-0.2, 0) is 9.59 Å². The Kier molecular flexibility index (Phi) is 3.12. The lowest BCUT2D eigenvalue weighted by atomic mass is 10.2. The summed E-state index contributed by atoms with van der Waals surface area (Å²) in [4.78, 5) is 30.5. The largest absolute Gasteiger partial charge is 0.323 e. The molecule has 0 aromatic carbocycles. The van der Waals surface area contributed by atoms with Crippen molar-refractivity contribution < 1.29 is 9.59 Å². The number of fused-ring (bicyclic) bond motifs is 2. The van der Waals surface area contributed by atoms with Gasteiger partial charge in [0, 0.05) is 23.3 Å². The Labute approximate surface area is 137 Å². The van der Waals surface area contributed by atoms with E-state index in [1.165, 1.54) is 0 Å². The lowest BCUT2D eigenvalue weighted by molar-refractivity contribution is -0.135. The smallest absolute Gasteiger partial charge is 0.248 e. The van der Waals surface area contributed by atoms with Crippen LogP contribution in [0.5, 0.6) is 0 Å². The van der Waals surface area contributed by atoms with Crippen LogP contribution in [0, 0.1) is 6.92 Å². The fourth-order valence-corrected chi connectivity index (χ4v) is 4.76. The molecule has 2 aromatic heterocycles. The number of rotatable bonds is 2. The summed E-state index contributed by atoms with van der Waals surface area (Å²) in [5.41, 5.74) is 2.15. The number of hydrogen-bond donors (Lipinski definition) is 2. The SMILES string of the molecule is Cc1[nH]nc2ncc(NC(=O)[C@H]3CS[C@@]4(C)CCC(=O)N34)cc12. The maximum Gasteiger partial charge on any atom is 0.248 e. The van der Waals surface area contributed by atoms with Crippen molar-refractivity contribution in [1.82, 2.24) is 20.1 Å². The molecule has 8 heteroatoms. The highest BCUT2D eigenvalue weighted by atomic mass is 32.2. The van der Waals surface area contributed by atoms with E-state index >= 15 is 0 Å². The van der Waals surface area contributed by atoms with E-state index in [0.717, 1.165) is 17.5 Å². The van der Waals surface area contributed by atoms with Gasteiger partial charge >= 0.3 is 0 Å². The van der Waals surface area contributed by atoms with Crippen molar-refractivity contribution in [2.24, 2.45) is 0 Å². The van der Waals surface area contributed by atoms with E-state index in [1.807, 2.05) is 19.9 Å². The van der Waals surface area contributed by atoms with Crippen LogP contribution in [0.4, 0.5) is 5.69 Å². The lowest BCUT2D eigenvalue weighted by Crippen LogP contribution is -2.48. The number of amides is 2. The highest BCUT2D eigenvalue weighted by molar-refractivity contribution is 8.01. The molecule has 2 fully saturated rings. The zero-order valence-corrected chi connectivity index (χ0v) is 13.7. The third kappa shape index (κ3) is 2.20. The third-order valence-corrected chi connectivity index (χ3v) is 6.12. The van der Waals surface area contributed by atoms with Crippen LogP contribution >= 0.6 is 11.8 Å². The Morgan fingerprint density at radius 3 is 3.22 bits per heavy atom. The van der Waals surface area contributed by atoms with Crippen LogP contribution in [0.25, 0.3) is 11.0 Å². The van der Waals surface area contributed by atoms with Crippen molar-refractivity contribution in [3.63, 3.8) is 0 Å². The van der Waals surface area contributed by atoms with E-state index in [2.05, 4.69) is 20.5 Å². The monoisotopic (exact) mass is 331 g/mol. The molecule has 2 aromatic rings. The number of H-pyrrole nitrogens is 1. The van der Waals surface area contributed by atoms with Gasteiger partial charge in [0.15, 0.2) is 5.65 Å². The van der Waals surface area contributed by atoms with Crippen molar-refractivity contribution in [2.45, 2.75) is 37.6 Å². The second-order valence-corrected chi connectivity index (χ2v) is 7.70. The van der Waals surface area contributed by atoms with Gasteiger partial charge in [-0.25, -0.2) is 4.98 Å². The second-order valence-electron chi connectivity index (χ2n) is 6.20. The van der Waals surface area contributed by atoms with Crippen molar-refractivity contribution in [2.75, 3.05) is 11.1 Å². The first-order chi connectivity index (χ1) is 11.0. The van der Waals surface area contributed by atoms with Gasteiger partial charge in [0.05, 0.1) is 16.8 Å². The number of nitrogens with one attached hydrogen (secondary N) is 2. The number of aromatic nitrogens is 3. The molecule has 2 saturated heterocycles. The maximum absolute atomic E-state index is 12.6. The fourth-order valence-electron chi connectivity index (χ4n) is 3.33. The van der Waals surface area contributed by atoms with Gasteiger partial charge in [-0.1, -0.05) is 0 Å². The Morgan fingerprint density at radius 2 is 2.39 bits per heavy atom. The predicted molar refractivity (Wildman–Crippen MR) is 88.0 cm³/mol. The average Bonchev–Trinajstić information content (AvgIpc) is 3.14. The van der Waals surface area contributed by atoms with Crippen LogP contribution in [0.2, 0.25) is 0 Å². The molecule has 0 unspecified atom stereocenters. The summed E-state index contributed by atoms with van der Waals surface area (Å²) >= 11 is 1.69. The highest BCUT2D eigenvalue weighted by Crippen LogP contribution is 2.47. The van der Waals surface area contributed by atoms with Crippen molar-refractivity contribution in [3.8, 4) is 0 Å². The average molecular weight is 331 g/mol. The van der Waals surface area contributed by atoms with Gasteiger partial charge in [0.25, 0.3) is 0 Å². The molecule has 0 spiro atoms. The molecular formula is C15H17N5O2S. The molecule has 4 rings (SSSR count). The first kappa shape index (κ1) is 14.5. The molecular weight excluding hydrogens is 314 g/mol. The van der Waals surface area contributed by atoms with Crippen LogP contribution < -0.4 is 5.32 Å². The summed E-state index contributed by atoms with van der Waals surface area (Å²) in [5, 5.41) is 10.7. The van der Waals surface area contributed by atoms with Crippen molar-refractivity contribution in [1.29, 1.82) is 0 Å². The molecule has 2 atom stereocenters. The molecule has 2 N–H and O–H groups in total. The molecule has 0 bridgehead atoms. The quantitative estimate of drug-likeness (QED) is 0.873. The minimum atomic E-state index is -0.416. The molecule has 0 radical (unpaired) electrons.